The summed E-state index contributed by atoms with van der Waals surface area (Å²) >= 11 is 0. The average molecular weight is 395 g/mol. The fourth-order valence-corrected chi connectivity index (χ4v) is 4.43. The third-order valence-corrected chi connectivity index (χ3v) is 6.27. The van der Waals surface area contributed by atoms with Crippen LogP contribution in [-0.2, 0) is 10.0 Å². The zero-order valence-electron chi connectivity index (χ0n) is 15.6. The van der Waals surface area contributed by atoms with Crippen molar-refractivity contribution in [3.8, 4) is 5.75 Å². The van der Waals surface area contributed by atoms with E-state index in [0.29, 0.717) is 13.1 Å². The van der Waals surface area contributed by atoms with E-state index in [9.17, 15) is 18.0 Å². The van der Waals surface area contributed by atoms with Gasteiger partial charge in [0.2, 0.25) is 10.0 Å². The molecule has 1 aromatic carbocycles. The minimum atomic E-state index is -3.66. The van der Waals surface area contributed by atoms with Gasteiger partial charge in [0.1, 0.15) is 5.75 Å². The Balaban J connectivity index is 1.73. The molecule has 0 bridgehead atoms. The van der Waals surface area contributed by atoms with Gasteiger partial charge in [0.15, 0.2) is 0 Å². The number of ether oxygens (including phenoxy) is 1. The second-order valence-electron chi connectivity index (χ2n) is 6.96. The lowest BCUT2D eigenvalue weighted by Gasteiger charge is -2.28. The largest absolute Gasteiger partial charge is 0.497 e. The third kappa shape index (κ3) is 4.18. The van der Waals surface area contributed by atoms with Crippen LogP contribution >= 0.6 is 0 Å². The van der Waals surface area contributed by atoms with Crippen molar-refractivity contribution in [2.75, 3.05) is 39.5 Å². The molecular formula is C18H25N3O5S. The predicted octanol–water partition coefficient (Wildman–Crippen LogP) is 2.08. The van der Waals surface area contributed by atoms with Gasteiger partial charge in [0.25, 0.3) is 0 Å². The minimum absolute atomic E-state index is 0.0131. The molecule has 9 heteroatoms. The normalized spacial score (nSPS) is 21.3. The summed E-state index contributed by atoms with van der Waals surface area (Å²) in [6.07, 6.45) is 3.78. The van der Waals surface area contributed by atoms with E-state index in [1.807, 2.05) is 24.3 Å². The van der Waals surface area contributed by atoms with E-state index in [2.05, 4.69) is 0 Å². The zero-order chi connectivity index (χ0) is 19.6. The molecule has 0 spiro atoms. The Morgan fingerprint density at radius 1 is 1.11 bits per heavy atom. The van der Waals surface area contributed by atoms with Crippen LogP contribution in [0, 0.1) is 0 Å². The number of methoxy groups -OCH3 is 1. The molecule has 0 aliphatic carbocycles. The molecular weight excluding hydrogens is 370 g/mol. The Hall–Kier alpha value is -2.29. The molecule has 8 nitrogen and oxygen atoms in total. The predicted molar refractivity (Wildman–Crippen MR) is 100 cm³/mol. The van der Waals surface area contributed by atoms with E-state index in [1.165, 1.54) is 0 Å². The first-order valence-electron chi connectivity index (χ1n) is 9.03. The summed E-state index contributed by atoms with van der Waals surface area (Å²) < 4.78 is 29.3. The Labute approximate surface area is 159 Å². The van der Waals surface area contributed by atoms with E-state index in [0.717, 1.165) is 46.0 Å². The van der Waals surface area contributed by atoms with Gasteiger partial charge in [0, 0.05) is 19.0 Å². The van der Waals surface area contributed by atoms with Crippen molar-refractivity contribution in [2.24, 2.45) is 0 Å². The SMILES string of the molecule is COc1ccc(C2CCCCN(C(=O)N3CCN(S(C)(=O)=O)C3=O)C2)cc1. The van der Waals surface area contributed by atoms with Crippen LogP contribution in [0.4, 0.5) is 9.59 Å². The molecule has 1 unspecified atom stereocenters. The molecule has 0 aromatic heterocycles. The number of rotatable bonds is 3. The number of nitrogens with zero attached hydrogens (tertiary/aromatic N) is 3. The van der Waals surface area contributed by atoms with Gasteiger partial charge in [-0.3, -0.25) is 0 Å². The summed E-state index contributed by atoms with van der Waals surface area (Å²) in [5, 5.41) is 0. The molecule has 148 valence electrons. The van der Waals surface area contributed by atoms with Gasteiger partial charge in [-0.25, -0.2) is 27.2 Å². The van der Waals surface area contributed by atoms with Crippen LogP contribution in [0.2, 0.25) is 0 Å². The molecule has 0 radical (unpaired) electrons. The average Bonchev–Trinajstić information content (AvgIpc) is 2.88. The fraction of sp³-hybridized carbons (Fsp3) is 0.556. The lowest BCUT2D eigenvalue weighted by atomic mass is 9.94. The monoisotopic (exact) mass is 395 g/mol. The topological polar surface area (TPSA) is 87.2 Å². The van der Waals surface area contributed by atoms with Crippen molar-refractivity contribution in [1.29, 1.82) is 0 Å². The van der Waals surface area contributed by atoms with Gasteiger partial charge < -0.3 is 9.64 Å². The molecule has 2 fully saturated rings. The first-order chi connectivity index (χ1) is 12.8. The highest BCUT2D eigenvalue weighted by molar-refractivity contribution is 7.88. The quantitative estimate of drug-likeness (QED) is 0.782. The van der Waals surface area contributed by atoms with Gasteiger partial charge in [0.05, 0.1) is 26.5 Å². The fourth-order valence-electron chi connectivity index (χ4n) is 3.64. The summed E-state index contributed by atoms with van der Waals surface area (Å²) in [5.41, 5.74) is 1.13. The van der Waals surface area contributed by atoms with Crippen molar-refractivity contribution in [3.05, 3.63) is 29.8 Å². The van der Waals surface area contributed by atoms with Crippen LogP contribution in [-0.4, -0.2) is 74.1 Å². The van der Waals surface area contributed by atoms with E-state index >= 15 is 0 Å². The summed E-state index contributed by atoms with van der Waals surface area (Å²) in [6.45, 7) is 1.18. The molecule has 27 heavy (non-hydrogen) atoms. The maximum atomic E-state index is 12.9. The number of hydrogen-bond donors (Lipinski definition) is 0. The highest BCUT2D eigenvalue weighted by Gasteiger charge is 2.40. The first-order valence-corrected chi connectivity index (χ1v) is 10.9. The zero-order valence-corrected chi connectivity index (χ0v) is 16.4. The molecule has 2 aliphatic rings. The molecule has 1 atom stereocenters. The molecule has 2 saturated heterocycles. The molecule has 0 saturated carbocycles. The molecule has 2 heterocycles. The van der Waals surface area contributed by atoms with E-state index in [1.54, 1.807) is 12.0 Å². The number of amides is 4. The highest BCUT2D eigenvalue weighted by Crippen LogP contribution is 2.29. The third-order valence-electron chi connectivity index (χ3n) is 5.13. The summed E-state index contributed by atoms with van der Waals surface area (Å²) in [7, 11) is -2.04. The Morgan fingerprint density at radius 3 is 2.41 bits per heavy atom. The van der Waals surface area contributed by atoms with Crippen LogP contribution in [0.5, 0.6) is 5.75 Å². The molecule has 0 N–H and O–H groups in total. The number of hydrogen-bond acceptors (Lipinski definition) is 5. The van der Waals surface area contributed by atoms with Crippen LogP contribution in [0.15, 0.2) is 24.3 Å². The van der Waals surface area contributed by atoms with Crippen molar-refractivity contribution in [3.63, 3.8) is 0 Å². The second-order valence-corrected chi connectivity index (χ2v) is 8.87. The van der Waals surface area contributed by atoms with E-state index in [-0.39, 0.29) is 19.0 Å². The van der Waals surface area contributed by atoms with Crippen LogP contribution in [0.25, 0.3) is 0 Å². The van der Waals surface area contributed by atoms with Gasteiger partial charge in [-0.2, -0.15) is 0 Å². The second kappa shape index (κ2) is 7.75. The Kier molecular flexibility index (Phi) is 5.59. The van der Waals surface area contributed by atoms with Gasteiger partial charge in [-0.05, 0) is 30.5 Å². The van der Waals surface area contributed by atoms with Crippen molar-refractivity contribution in [2.45, 2.75) is 25.2 Å². The number of sulfonamides is 1. The highest BCUT2D eigenvalue weighted by atomic mass is 32.2. The number of carbonyl (C=O) groups excluding carboxylic acids is 2. The molecule has 4 amide bonds. The van der Waals surface area contributed by atoms with Gasteiger partial charge in [-0.15, -0.1) is 0 Å². The van der Waals surface area contributed by atoms with Crippen molar-refractivity contribution >= 4 is 22.1 Å². The van der Waals surface area contributed by atoms with E-state index < -0.39 is 22.1 Å². The molecule has 2 aliphatic heterocycles. The lowest BCUT2D eigenvalue weighted by molar-refractivity contribution is 0.161. The number of imide groups is 1. The summed E-state index contributed by atoms with van der Waals surface area (Å²) in [6, 6.07) is 6.65. The number of likely N-dealkylation sites (tertiary alicyclic amines) is 1. The standard InChI is InChI=1S/C18H25N3O5S/c1-26-16-8-6-14(7-9-16)15-5-3-4-10-19(13-15)17(22)20-11-12-21(18(20)23)27(2,24)25/h6-9,15H,3-5,10-13H2,1-2H3. The Bertz CT molecular complexity index is 809. The maximum Gasteiger partial charge on any atom is 0.341 e. The molecule has 3 rings (SSSR count). The number of urea groups is 2. The van der Waals surface area contributed by atoms with Gasteiger partial charge in [-0.1, -0.05) is 18.6 Å². The van der Waals surface area contributed by atoms with Crippen molar-refractivity contribution < 1.29 is 22.7 Å². The summed E-state index contributed by atoms with van der Waals surface area (Å²) in [5.74, 6) is 0.954. The minimum Gasteiger partial charge on any atom is -0.497 e. The number of carbonyl (C=O) groups is 2. The van der Waals surface area contributed by atoms with Gasteiger partial charge >= 0.3 is 12.1 Å². The number of benzene rings is 1. The summed E-state index contributed by atoms with van der Waals surface area (Å²) in [4.78, 5) is 28.0. The van der Waals surface area contributed by atoms with Crippen molar-refractivity contribution in [1.82, 2.24) is 14.1 Å². The maximum absolute atomic E-state index is 12.9. The lowest BCUT2D eigenvalue weighted by Crippen LogP contribution is -2.47. The van der Waals surface area contributed by atoms with Crippen LogP contribution < -0.4 is 4.74 Å². The first kappa shape index (κ1) is 19.5. The van der Waals surface area contributed by atoms with E-state index in [4.69, 9.17) is 4.74 Å². The Morgan fingerprint density at radius 2 is 1.81 bits per heavy atom. The smallest absolute Gasteiger partial charge is 0.341 e. The van der Waals surface area contributed by atoms with Crippen LogP contribution in [0.3, 0.4) is 0 Å². The molecule has 1 aromatic rings. The van der Waals surface area contributed by atoms with Crippen LogP contribution in [0.1, 0.15) is 30.7 Å².